The van der Waals surface area contributed by atoms with Crippen molar-refractivity contribution in [1.29, 1.82) is 0 Å². The molecule has 116 valence electrons. The molecule has 0 aromatic carbocycles. The van der Waals surface area contributed by atoms with Crippen molar-refractivity contribution in [2.75, 3.05) is 18.8 Å². The Balaban J connectivity index is 2.05. The number of likely N-dealkylation sites (N-methyl/N-ethyl adjacent to an activating group) is 1. The van der Waals surface area contributed by atoms with Gasteiger partial charge in [-0.25, -0.2) is 4.79 Å². The number of carbonyl (C=O) groups excluding carboxylic acids is 2. The molecule has 2 rings (SSSR count). The van der Waals surface area contributed by atoms with E-state index in [0.717, 1.165) is 12.8 Å². The lowest BCUT2D eigenvalue weighted by Crippen LogP contribution is -2.39. The fourth-order valence-corrected chi connectivity index (χ4v) is 2.38. The standard InChI is InChI=1S/C15H23N3O3/c1-4-17(5-2)14(19)10(3)21-15(20)13-8-11(16)9-18(13)12-6-7-12/h8-10,12H,4-7,16H2,1-3H3. The first-order valence-electron chi connectivity index (χ1n) is 7.45. The third-order valence-corrected chi connectivity index (χ3v) is 3.73. The van der Waals surface area contributed by atoms with Crippen molar-refractivity contribution in [3.05, 3.63) is 18.0 Å². The SMILES string of the molecule is CCN(CC)C(=O)C(C)OC(=O)c1cc(N)cn1C1CC1. The highest BCUT2D eigenvalue weighted by Gasteiger charge is 2.30. The van der Waals surface area contributed by atoms with Crippen LogP contribution >= 0.6 is 0 Å². The number of ether oxygens (including phenoxy) is 1. The predicted octanol–water partition coefficient (Wildman–Crippen LogP) is 1.82. The Morgan fingerprint density at radius 1 is 1.43 bits per heavy atom. The Labute approximate surface area is 124 Å². The first-order chi connectivity index (χ1) is 9.97. The summed E-state index contributed by atoms with van der Waals surface area (Å²) >= 11 is 0. The van der Waals surface area contributed by atoms with Gasteiger partial charge in [0, 0.05) is 25.3 Å². The number of amides is 1. The molecule has 0 saturated heterocycles. The smallest absolute Gasteiger partial charge is 0.355 e. The molecule has 1 aliphatic carbocycles. The quantitative estimate of drug-likeness (QED) is 0.812. The van der Waals surface area contributed by atoms with E-state index < -0.39 is 12.1 Å². The number of hydrogen-bond donors (Lipinski definition) is 1. The Hall–Kier alpha value is -1.98. The van der Waals surface area contributed by atoms with E-state index in [0.29, 0.717) is 30.5 Å². The topological polar surface area (TPSA) is 77.6 Å². The normalized spacial score (nSPS) is 15.6. The second-order valence-electron chi connectivity index (χ2n) is 5.36. The van der Waals surface area contributed by atoms with E-state index in [9.17, 15) is 9.59 Å². The summed E-state index contributed by atoms with van der Waals surface area (Å²) in [4.78, 5) is 26.0. The monoisotopic (exact) mass is 293 g/mol. The molecule has 6 nitrogen and oxygen atoms in total. The van der Waals surface area contributed by atoms with Crippen LogP contribution in [0.15, 0.2) is 12.3 Å². The highest BCUT2D eigenvalue weighted by molar-refractivity contribution is 5.92. The molecule has 0 aliphatic heterocycles. The molecule has 1 fully saturated rings. The molecule has 1 amide bonds. The number of nitrogens with zero attached hydrogens (tertiary/aromatic N) is 2. The van der Waals surface area contributed by atoms with E-state index in [-0.39, 0.29) is 5.91 Å². The fraction of sp³-hybridized carbons (Fsp3) is 0.600. The summed E-state index contributed by atoms with van der Waals surface area (Å²) < 4.78 is 7.16. The van der Waals surface area contributed by atoms with Gasteiger partial charge in [-0.15, -0.1) is 0 Å². The largest absolute Gasteiger partial charge is 0.448 e. The summed E-state index contributed by atoms with van der Waals surface area (Å²) in [6.07, 6.45) is 3.05. The molecule has 1 atom stereocenters. The number of nitrogen functional groups attached to an aromatic ring is 1. The van der Waals surface area contributed by atoms with Crippen LogP contribution < -0.4 is 5.73 Å². The van der Waals surface area contributed by atoms with Gasteiger partial charge in [-0.1, -0.05) is 0 Å². The number of hydrogen-bond acceptors (Lipinski definition) is 4. The van der Waals surface area contributed by atoms with Crippen LogP contribution in [0.2, 0.25) is 0 Å². The van der Waals surface area contributed by atoms with Crippen LogP contribution in [0.25, 0.3) is 0 Å². The summed E-state index contributed by atoms with van der Waals surface area (Å²) in [5, 5.41) is 0. The highest BCUT2D eigenvalue weighted by Crippen LogP contribution is 2.37. The number of rotatable bonds is 6. The molecule has 1 aromatic rings. The summed E-state index contributed by atoms with van der Waals surface area (Å²) in [7, 11) is 0. The molecule has 6 heteroatoms. The van der Waals surface area contributed by atoms with E-state index in [2.05, 4.69) is 0 Å². The fourth-order valence-electron chi connectivity index (χ4n) is 2.38. The number of aromatic nitrogens is 1. The summed E-state index contributed by atoms with van der Waals surface area (Å²) in [5.74, 6) is -0.669. The van der Waals surface area contributed by atoms with Gasteiger partial charge < -0.3 is 19.9 Å². The van der Waals surface area contributed by atoms with Crippen molar-refractivity contribution in [1.82, 2.24) is 9.47 Å². The molecule has 0 radical (unpaired) electrons. The van der Waals surface area contributed by atoms with Crippen LogP contribution in [0.4, 0.5) is 5.69 Å². The van der Waals surface area contributed by atoms with E-state index >= 15 is 0 Å². The predicted molar refractivity (Wildman–Crippen MR) is 79.9 cm³/mol. The molecule has 21 heavy (non-hydrogen) atoms. The molecule has 0 spiro atoms. The first kappa shape index (κ1) is 15.4. The lowest BCUT2D eigenvalue weighted by molar-refractivity contribution is -0.139. The average Bonchev–Trinajstić information content (AvgIpc) is 3.22. The van der Waals surface area contributed by atoms with Crippen molar-refractivity contribution in [3.63, 3.8) is 0 Å². The van der Waals surface area contributed by atoms with Gasteiger partial charge in [0.15, 0.2) is 6.10 Å². The van der Waals surface area contributed by atoms with E-state index in [1.165, 1.54) is 0 Å². The summed E-state index contributed by atoms with van der Waals surface area (Å²) in [6.45, 7) is 6.60. The number of esters is 1. The van der Waals surface area contributed by atoms with Gasteiger partial charge in [-0.3, -0.25) is 4.79 Å². The second-order valence-corrected chi connectivity index (χ2v) is 5.36. The van der Waals surface area contributed by atoms with Gasteiger partial charge in [0.05, 0.1) is 5.69 Å². The average molecular weight is 293 g/mol. The maximum absolute atomic E-state index is 12.3. The van der Waals surface area contributed by atoms with Gasteiger partial charge in [0.25, 0.3) is 5.91 Å². The molecule has 2 N–H and O–H groups in total. The molecule has 1 saturated carbocycles. The minimum Gasteiger partial charge on any atom is -0.448 e. The Kier molecular flexibility index (Phi) is 4.55. The van der Waals surface area contributed by atoms with E-state index in [4.69, 9.17) is 10.5 Å². The minimum atomic E-state index is -0.791. The minimum absolute atomic E-state index is 0.175. The zero-order chi connectivity index (χ0) is 15.6. The molecular formula is C15H23N3O3. The Morgan fingerprint density at radius 2 is 2.05 bits per heavy atom. The molecule has 1 heterocycles. The first-order valence-corrected chi connectivity index (χ1v) is 7.45. The van der Waals surface area contributed by atoms with Crippen LogP contribution in [0.5, 0.6) is 0 Å². The highest BCUT2D eigenvalue weighted by atomic mass is 16.5. The van der Waals surface area contributed by atoms with Gasteiger partial charge in [0.2, 0.25) is 0 Å². The van der Waals surface area contributed by atoms with Crippen LogP contribution in [0, 0.1) is 0 Å². The van der Waals surface area contributed by atoms with Gasteiger partial charge >= 0.3 is 5.97 Å². The van der Waals surface area contributed by atoms with E-state index in [1.54, 1.807) is 24.1 Å². The summed E-state index contributed by atoms with van der Waals surface area (Å²) in [5.41, 5.74) is 6.72. The van der Waals surface area contributed by atoms with Crippen molar-refractivity contribution in [3.8, 4) is 0 Å². The number of carbonyl (C=O) groups is 2. The lowest BCUT2D eigenvalue weighted by Gasteiger charge is -2.22. The summed E-state index contributed by atoms with van der Waals surface area (Å²) in [6, 6.07) is 1.94. The van der Waals surface area contributed by atoms with E-state index in [1.807, 2.05) is 18.4 Å². The lowest BCUT2D eigenvalue weighted by atomic mass is 10.3. The molecule has 1 aromatic heterocycles. The van der Waals surface area contributed by atoms with Crippen LogP contribution in [-0.4, -0.2) is 40.5 Å². The molecule has 0 bridgehead atoms. The Morgan fingerprint density at radius 3 is 2.57 bits per heavy atom. The molecule has 1 aliphatic rings. The maximum atomic E-state index is 12.3. The number of nitrogens with two attached hydrogens (primary N) is 1. The van der Waals surface area contributed by atoms with Crippen molar-refractivity contribution in [2.45, 2.75) is 45.8 Å². The Bertz CT molecular complexity index is 530. The molecule has 1 unspecified atom stereocenters. The zero-order valence-corrected chi connectivity index (χ0v) is 12.8. The molecular weight excluding hydrogens is 270 g/mol. The van der Waals surface area contributed by atoms with Crippen molar-refractivity contribution in [2.24, 2.45) is 0 Å². The maximum Gasteiger partial charge on any atom is 0.355 e. The van der Waals surface area contributed by atoms with Crippen LogP contribution in [0.3, 0.4) is 0 Å². The van der Waals surface area contributed by atoms with Gasteiger partial charge in [0.1, 0.15) is 5.69 Å². The third-order valence-electron chi connectivity index (χ3n) is 3.73. The van der Waals surface area contributed by atoms with Crippen molar-refractivity contribution < 1.29 is 14.3 Å². The number of anilines is 1. The van der Waals surface area contributed by atoms with Crippen LogP contribution in [-0.2, 0) is 9.53 Å². The van der Waals surface area contributed by atoms with Gasteiger partial charge in [-0.2, -0.15) is 0 Å². The van der Waals surface area contributed by atoms with Crippen molar-refractivity contribution >= 4 is 17.6 Å². The zero-order valence-electron chi connectivity index (χ0n) is 12.8. The van der Waals surface area contributed by atoms with Crippen LogP contribution in [0.1, 0.15) is 50.1 Å². The second kappa shape index (κ2) is 6.20. The third kappa shape index (κ3) is 3.37. The van der Waals surface area contributed by atoms with Gasteiger partial charge in [-0.05, 0) is 39.7 Å².